The molecule has 0 heterocycles. The van der Waals surface area contributed by atoms with Crippen LogP contribution in [0.25, 0.3) is 21.9 Å². The number of carbonyl (C=O) groups excluding carboxylic acids is 1. The molecule has 4 aromatic rings. The molecule has 1 amide bonds. The van der Waals surface area contributed by atoms with Gasteiger partial charge < -0.3 is 9.84 Å². The van der Waals surface area contributed by atoms with Crippen LogP contribution in [-0.2, 0) is 4.74 Å². The molecule has 5 heteroatoms. The van der Waals surface area contributed by atoms with Crippen molar-refractivity contribution in [2.45, 2.75) is 5.92 Å². The van der Waals surface area contributed by atoms with Gasteiger partial charge >= 0.3 is 12.1 Å². The second-order valence-corrected chi connectivity index (χ2v) is 7.46. The number of amides is 1. The number of aromatic carboxylic acids is 1. The lowest BCUT2D eigenvalue weighted by Crippen LogP contribution is -2.19. The van der Waals surface area contributed by atoms with Crippen molar-refractivity contribution in [2.24, 2.45) is 0 Å². The molecule has 0 aromatic heterocycles. The highest BCUT2D eigenvalue weighted by molar-refractivity contribution is 6.09. The van der Waals surface area contributed by atoms with E-state index >= 15 is 0 Å². The Morgan fingerprint density at radius 3 is 2.10 bits per heavy atom. The summed E-state index contributed by atoms with van der Waals surface area (Å²) in [5, 5.41) is 13.7. The Hall–Kier alpha value is -4.12. The third-order valence-electron chi connectivity index (χ3n) is 5.73. The van der Waals surface area contributed by atoms with Gasteiger partial charge in [0.05, 0.1) is 11.3 Å². The number of ether oxygens (including phenoxy) is 1. The lowest BCUT2D eigenvalue weighted by Gasteiger charge is -2.16. The zero-order valence-corrected chi connectivity index (χ0v) is 16.5. The van der Waals surface area contributed by atoms with Gasteiger partial charge in [0, 0.05) is 11.3 Å². The van der Waals surface area contributed by atoms with Gasteiger partial charge in [-0.15, -0.1) is 0 Å². The maximum Gasteiger partial charge on any atom is 0.411 e. The topological polar surface area (TPSA) is 75.6 Å². The molecule has 4 aromatic carbocycles. The molecule has 0 spiro atoms. The van der Waals surface area contributed by atoms with Crippen LogP contribution in [-0.4, -0.2) is 23.8 Å². The Balaban J connectivity index is 1.41. The van der Waals surface area contributed by atoms with Gasteiger partial charge in [0.1, 0.15) is 6.61 Å². The van der Waals surface area contributed by atoms with Crippen molar-refractivity contribution in [1.82, 2.24) is 0 Å². The van der Waals surface area contributed by atoms with Crippen molar-refractivity contribution in [3.05, 3.63) is 102 Å². The van der Waals surface area contributed by atoms with E-state index in [9.17, 15) is 14.7 Å². The molecule has 31 heavy (non-hydrogen) atoms. The molecular formula is C26H19NO4. The van der Waals surface area contributed by atoms with Crippen LogP contribution in [0.4, 0.5) is 10.5 Å². The molecule has 0 unspecified atom stereocenters. The van der Waals surface area contributed by atoms with Crippen molar-refractivity contribution < 1.29 is 19.4 Å². The summed E-state index contributed by atoms with van der Waals surface area (Å²) in [4.78, 5) is 24.4. The summed E-state index contributed by atoms with van der Waals surface area (Å²) in [6, 6.07) is 26.7. The summed E-state index contributed by atoms with van der Waals surface area (Å²) in [5.74, 6) is -1.18. The van der Waals surface area contributed by atoms with E-state index in [-0.39, 0.29) is 23.8 Å². The maximum absolute atomic E-state index is 12.7. The van der Waals surface area contributed by atoms with Crippen LogP contribution in [0.15, 0.2) is 84.9 Å². The van der Waals surface area contributed by atoms with Gasteiger partial charge in [0.15, 0.2) is 0 Å². The summed E-state index contributed by atoms with van der Waals surface area (Å²) in [7, 11) is 0. The van der Waals surface area contributed by atoms with E-state index < -0.39 is 12.1 Å². The SMILES string of the molecule is O=C(Nc1c(C(=O)O)ccc2ccccc12)OCC1c2ccccc2-c2ccccc21. The normalized spacial score (nSPS) is 12.3. The third-order valence-corrected chi connectivity index (χ3v) is 5.73. The molecular weight excluding hydrogens is 390 g/mol. The second-order valence-electron chi connectivity index (χ2n) is 7.46. The van der Waals surface area contributed by atoms with E-state index in [1.54, 1.807) is 18.2 Å². The zero-order valence-electron chi connectivity index (χ0n) is 16.5. The number of rotatable bonds is 4. The van der Waals surface area contributed by atoms with Gasteiger partial charge in [0.25, 0.3) is 0 Å². The second kappa shape index (κ2) is 7.61. The van der Waals surface area contributed by atoms with Crippen LogP contribution in [0.5, 0.6) is 0 Å². The number of carbonyl (C=O) groups is 2. The third kappa shape index (κ3) is 3.30. The van der Waals surface area contributed by atoms with E-state index in [0.717, 1.165) is 27.6 Å². The molecule has 0 fully saturated rings. The highest BCUT2D eigenvalue weighted by Crippen LogP contribution is 2.44. The molecule has 5 rings (SSSR count). The van der Waals surface area contributed by atoms with Crippen molar-refractivity contribution in [3.8, 4) is 11.1 Å². The van der Waals surface area contributed by atoms with Gasteiger partial charge in [-0.3, -0.25) is 5.32 Å². The Bertz CT molecular complexity index is 1280. The summed E-state index contributed by atoms with van der Waals surface area (Å²) >= 11 is 0. The molecule has 0 atom stereocenters. The fraction of sp³-hybridized carbons (Fsp3) is 0.0769. The smallest absolute Gasteiger partial charge is 0.411 e. The standard InChI is InChI=1S/C26H19NO4/c28-25(29)22-14-13-16-7-1-2-8-17(16)24(22)27-26(30)31-15-23-20-11-5-3-9-18(20)19-10-4-6-12-21(19)23/h1-14,23H,15H2,(H,27,30)(H,28,29). The fourth-order valence-corrected chi connectivity index (χ4v) is 4.32. The first-order valence-corrected chi connectivity index (χ1v) is 10.0. The van der Waals surface area contributed by atoms with Crippen LogP contribution in [0, 0.1) is 0 Å². The number of carboxylic acids is 1. The number of hydrogen-bond donors (Lipinski definition) is 2. The number of anilines is 1. The van der Waals surface area contributed by atoms with E-state index in [4.69, 9.17) is 4.74 Å². The molecule has 0 aliphatic heterocycles. The molecule has 152 valence electrons. The maximum atomic E-state index is 12.7. The van der Waals surface area contributed by atoms with E-state index in [1.165, 1.54) is 6.07 Å². The first kappa shape index (κ1) is 18.9. The minimum Gasteiger partial charge on any atom is -0.478 e. The van der Waals surface area contributed by atoms with Crippen molar-refractivity contribution >= 4 is 28.5 Å². The summed E-state index contributed by atoms with van der Waals surface area (Å²) in [6.45, 7) is 0.160. The van der Waals surface area contributed by atoms with Gasteiger partial charge in [-0.25, -0.2) is 9.59 Å². The number of hydrogen-bond acceptors (Lipinski definition) is 3. The van der Waals surface area contributed by atoms with Crippen molar-refractivity contribution in [1.29, 1.82) is 0 Å². The molecule has 1 aliphatic carbocycles. The minimum absolute atomic E-state index is 0.0206. The van der Waals surface area contributed by atoms with Crippen LogP contribution in [0.1, 0.15) is 27.4 Å². The first-order valence-electron chi connectivity index (χ1n) is 10.0. The molecule has 0 saturated heterocycles. The van der Waals surface area contributed by atoms with Gasteiger partial charge in [-0.2, -0.15) is 0 Å². The minimum atomic E-state index is -1.11. The Morgan fingerprint density at radius 2 is 1.42 bits per heavy atom. The van der Waals surface area contributed by atoms with Crippen LogP contribution < -0.4 is 5.32 Å². The van der Waals surface area contributed by atoms with E-state index in [1.807, 2.05) is 36.4 Å². The molecule has 0 radical (unpaired) electrons. The zero-order chi connectivity index (χ0) is 21.4. The van der Waals surface area contributed by atoms with E-state index in [2.05, 4.69) is 29.6 Å². The highest BCUT2D eigenvalue weighted by atomic mass is 16.5. The lowest BCUT2D eigenvalue weighted by molar-refractivity contribution is 0.0698. The average molecular weight is 409 g/mol. The highest BCUT2D eigenvalue weighted by Gasteiger charge is 2.29. The molecule has 5 nitrogen and oxygen atoms in total. The molecule has 0 saturated carbocycles. The monoisotopic (exact) mass is 409 g/mol. The Morgan fingerprint density at radius 1 is 0.806 bits per heavy atom. The van der Waals surface area contributed by atoms with Crippen molar-refractivity contribution in [2.75, 3.05) is 11.9 Å². The number of fused-ring (bicyclic) bond motifs is 4. The predicted octanol–water partition coefficient (Wildman–Crippen LogP) is 5.90. The first-order chi connectivity index (χ1) is 15.1. The predicted molar refractivity (Wildman–Crippen MR) is 120 cm³/mol. The van der Waals surface area contributed by atoms with Crippen LogP contribution in [0.2, 0.25) is 0 Å². The Labute approximate surface area is 178 Å². The quantitative estimate of drug-likeness (QED) is 0.440. The lowest BCUT2D eigenvalue weighted by atomic mass is 9.98. The van der Waals surface area contributed by atoms with Gasteiger partial charge in [0.2, 0.25) is 0 Å². The number of benzene rings is 4. The fourth-order valence-electron chi connectivity index (χ4n) is 4.32. The largest absolute Gasteiger partial charge is 0.478 e. The molecule has 1 aliphatic rings. The van der Waals surface area contributed by atoms with Crippen LogP contribution >= 0.6 is 0 Å². The summed E-state index contributed by atoms with van der Waals surface area (Å²) in [6.07, 6.45) is -0.680. The Kier molecular flexibility index (Phi) is 4.64. The number of nitrogens with one attached hydrogen (secondary N) is 1. The molecule has 0 bridgehead atoms. The number of carboxylic acid groups (broad SMARTS) is 1. The van der Waals surface area contributed by atoms with E-state index in [0.29, 0.717) is 5.39 Å². The van der Waals surface area contributed by atoms with Crippen LogP contribution in [0.3, 0.4) is 0 Å². The average Bonchev–Trinajstić information content (AvgIpc) is 3.11. The van der Waals surface area contributed by atoms with Crippen molar-refractivity contribution in [3.63, 3.8) is 0 Å². The van der Waals surface area contributed by atoms with Gasteiger partial charge in [-0.1, -0.05) is 78.9 Å². The van der Waals surface area contributed by atoms with Gasteiger partial charge in [-0.05, 0) is 33.7 Å². The molecule has 2 N–H and O–H groups in total. The summed E-state index contributed by atoms with van der Waals surface area (Å²) in [5.41, 5.74) is 4.79. The summed E-state index contributed by atoms with van der Waals surface area (Å²) < 4.78 is 5.58.